The van der Waals surface area contributed by atoms with Crippen molar-refractivity contribution >= 4 is 40.0 Å². The molecule has 236 valence electrons. The first-order valence-corrected chi connectivity index (χ1v) is 16.0. The number of carbonyl (C=O) groups is 3. The minimum absolute atomic E-state index is 0.0546. The lowest BCUT2D eigenvalue weighted by Crippen LogP contribution is -2.32. The molecule has 0 aliphatic carbocycles. The number of imide groups is 1. The second kappa shape index (κ2) is 12.4. The van der Waals surface area contributed by atoms with Crippen LogP contribution in [0.25, 0.3) is 16.6 Å². The quantitative estimate of drug-likeness (QED) is 0.284. The molecule has 10 heteroatoms. The van der Waals surface area contributed by atoms with Gasteiger partial charge in [-0.1, -0.05) is 6.07 Å². The van der Waals surface area contributed by atoms with Gasteiger partial charge < -0.3 is 18.9 Å². The summed E-state index contributed by atoms with van der Waals surface area (Å²) >= 11 is 0. The Labute approximate surface area is 267 Å². The Morgan fingerprint density at radius 1 is 0.870 bits per heavy atom. The Balaban J connectivity index is 1.38. The van der Waals surface area contributed by atoms with Crippen LogP contribution < -0.4 is 14.4 Å². The van der Waals surface area contributed by atoms with E-state index in [-0.39, 0.29) is 24.3 Å². The van der Waals surface area contributed by atoms with E-state index in [0.29, 0.717) is 72.0 Å². The maximum atomic E-state index is 14.6. The van der Waals surface area contributed by atoms with Gasteiger partial charge in [0.1, 0.15) is 28.7 Å². The van der Waals surface area contributed by atoms with Gasteiger partial charge in [-0.25, -0.2) is 9.97 Å². The van der Waals surface area contributed by atoms with Gasteiger partial charge in [0.25, 0.3) is 11.8 Å². The van der Waals surface area contributed by atoms with Crippen LogP contribution in [-0.2, 0) is 27.5 Å². The van der Waals surface area contributed by atoms with E-state index in [1.54, 1.807) is 38.7 Å². The number of carbonyl (C=O) groups excluding carboxylic acids is 3. The zero-order chi connectivity index (χ0) is 31.8. The van der Waals surface area contributed by atoms with Gasteiger partial charge in [-0.2, -0.15) is 0 Å². The standard InChI is InChI=1S/C36H37N5O5/c1-45-25-14-13-23(30(19-25)46-2)20-41-35(43)31-28-21-39(33-26(28)11-7-15-37-33)17-5-3-9-24(42)10-4-6-18-40-22-29(32(31)36(41)44)27-12-8-16-38-34(27)40/h7-8,11-16,19,21,29H,3-6,9-10,17-18,20,22H2,1-2H3. The summed E-state index contributed by atoms with van der Waals surface area (Å²) in [4.78, 5) is 54.8. The van der Waals surface area contributed by atoms with Crippen molar-refractivity contribution in [1.29, 1.82) is 0 Å². The highest BCUT2D eigenvalue weighted by Crippen LogP contribution is 2.46. The van der Waals surface area contributed by atoms with Crippen LogP contribution >= 0.6 is 0 Å². The molecule has 6 heterocycles. The number of amides is 2. The van der Waals surface area contributed by atoms with E-state index >= 15 is 0 Å². The molecule has 0 fully saturated rings. The van der Waals surface area contributed by atoms with Gasteiger partial charge in [0, 0.05) is 90.7 Å². The molecular weight excluding hydrogens is 582 g/mol. The highest BCUT2D eigenvalue weighted by molar-refractivity contribution is 6.37. The van der Waals surface area contributed by atoms with Crippen molar-refractivity contribution < 1.29 is 23.9 Å². The normalized spacial score (nSPS) is 19.0. The van der Waals surface area contributed by atoms with Crippen molar-refractivity contribution in [3.05, 3.63) is 83.3 Å². The van der Waals surface area contributed by atoms with Crippen LogP contribution in [0.15, 0.2) is 66.6 Å². The third-order valence-corrected chi connectivity index (χ3v) is 9.41. The van der Waals surface area contributed by atoms with E-state index in [2.05, 4.69) is 14.5 Å². The van der Waals surface area contributed by atoms with Crippen molar-refractivity contribution in [3.8, 4) is 11.5 Å². The number of nitrogens with zero attached hydrogens (tertiary/aromatic N) is 5. The lowest BCUT2D eigenvalue weighted by Gasteiger charge is -2.20. The molecule has 7 rings (SSSR count). The van der Waals surface area contributed by atoms with Crippen molar-refractivity contribution in [2.45, 2.75) is 57.5 Å². The fourth-order valence-corrected chi connectivity index (χ4v) is 7.12. The number of pyridine rings is 2. The molecule has 10 nitrogen and oxygen atoms in total. The topological polar surface area (TPSA) is 107 Å². The fourth-order valence-electron chi connectivity index (χ4n) is 7.12. The minimum atomic E-state index is -0.356. The van der Waals surface area contributed by atoms with Crippen molar-refractivity contribution in [2.24, 2.45) is 0 Å². The Morgan fingerprint density at radius 2 is 1.65 bits per heavy atom. The number of ether oxygens (including phenoxy) is 2. The summed E-state index contributed by atoms with van der Waals surface area (Å²) in [6.45, 7) is 1.95. The first-order chi connectivity index (χ1) is 22.5. The zero-order valence-electron chi connectivity index (χ0n) is 26.2. The monoisotopic (exact) mass is 619 g/mol. The molecule has 1 unspecified atom stereocenters. The number of methoxy groups -OCH3 is 2. The molecule has 0 radical (unpaired) electrons. The van der Waals surface area contributed by atoms with Gasteiger partial charge in [-0.15, -0.1) is 0 Å². The average Bonchev–Trinajstić information content (AvgIpc) is 3.70. The molecule has 1 atom stereocenters. The van der Waals surface area contributed by atoms with Crippen molar-refractivity contribution in [2.75, 3.05) is 32.2 Å². The van der Waals surface area contributed by atoms with Crippen LogP contribution in [0.1, 0.15) is 61.1 Å². The summed E-state index contributed by atoms with van der Waals surface area (Å²) in [5.41, 5.74) is 3.98. The number of anilines is 1. The van der Waals surface area contributed by atoms with Crippen LogP contribution in [0.3, 0.4) is 0 Å². The number of ketones is 1. The minimum Gasteiger partial charge on any atom is -0.497 e. The second-order valence-electron chi connectivity index (χ2n) is 12.1. The van der Waals surface area contributed by atoms with Crippen LogP contribution in [0.5, 0.6) is 11.5 Å². The number of rotatable bonds is 4. The number of hydrogen-bond acceptors (Lipinski definition) is 8. The van der Waals surface area contributed by atoms with E-state index < -0.39 is 0 Å². The SMILES string of the molecule is COc1ccc(CN2C(=O)C3=C(C2=O)C2CN(CCCCC(=O)CCCCn4cc3c3cccnc34)c3ncccc32)c(OC)c1. The molecular formula is C36H37N5O5. The van der Waals surface area contributed by atoms with E-state index in [1.807, 2.05) is 36.5 Å². The summed E-state index contributed by atoms with van der Waals surface area (Å²) in [5.74, 6) is 1.28. The van der Waals surface area contributed by atoms with Gasteiger partial charge >= 0.3 is 0 Å². The summed E-state index contributed by atoms with van der Waals surface area (Å²) in [7, 11) is 3.15. The van der Waals surface area contributed by atoms with Crippen LogP contribution in [0.4, 0.5) is 5.82 Å². The van der Waals surface area contributed by atoms with Crippen LogP contribution in [-0.4, -0.2) is 64.3 Å². The molecule has 0 N–H and O–H groups in total. The van der Waals surface area contributed by atoms with Crippen molar-refractivity contribution in [3.63, 3.8) is 0 Å². The predicted octanol–water partition coefficient (Wildman–Crippen LogP) is 5.30. The number of benzene rings is 1. The smallest absolute Gasteiger partial charge is 0.262 e. The van der Waals surface area contributed by atoms with E-state index in [0.717, 1.165) is 48.1 Å². The summed E-state index contributed by atoms with van der Waals surface area (Å²) in [6, 6.07) is 13.1. The highest BCUT2D eigenvalue weighted by Gasteiger charge is 2.46. The molecule has 3 aromatic heterocycles. The second-order valence-corrected chi connectivity index (χ2v) is 12.1. The van der Waals surface area contributed by atoms with Crippen LogP contribution in [0.2, 0.25) is 0 Å². The van der Waals surface area contributed by atoms with Gasteiger partial charge in [-0.05, 0) is 56.0 Å². The molecule has 2 amide bonds. The van der Waals surface area contributed by atoms with Gasteiger partial charge in [0.05, 0.1) is 26.3 Å². The molecule has 0 spiro atoms. The molecule has 1 aromatic carbocycles. The Kier molecular flexibility index (Phi) is 8.02. The largest absolute Gasteiger partial charge is 0.497 e. The summed E-state index contributed by atoms with van der Waals surface area (Å²) in [6.07, 6.45) is 9.84. The third-order valence-electron chi connectivity index (χ3n) is 9.41. The van der Waals surface area contributed by atoms with Crippen LogP contribution in [0, 0.1) is 0 Å². The molecule has 46 heavy (non-hydrogen) atoms. The Bertz CT molecular complexity index is 1880. The maximum absolute atomic E-state index is 14.6. The lowest BCUT2D eigenvalue weighted by atomic mass is 9.88. The number of hydrogen-bond donors (Lipinski definition) is 0. The number of aromatic nitrogens is 3. The number of fused-ring (bicyclic) bond motifs is 12. The maximum Gasteiger partial charge on any atom is 0.262 e. The number of aryl methyl sites for hydroxylation is 1. The molecule has 3 aliphatic rings. The zero-order valence-corrected chi connectivity index (χ0v) is 26.2. The molecule has 0 saturated heterocycles. The number of Topliss-reactive ketones (excluding diaryl/α,β-unsaturated/α-hetero) is 1. The van der Waals surface area contributed by atoms with Gasteiger partial charge in [0.15, 0.2) is 0 Å². The van der Waals surface area contributed by atoms with Crippen molar-refractivity contribution in [1.82, 2.24) is 19.4 Å². The Hall–Kier alpha value is -4.99. The molecule has 4 aromatic rings. The van der Waals surface area contributed by atoms with E-state index in [4.69, 9.17) is 14.5 Å². The lowest BCUT2D eigenvalue weighted by molar-refractivity contribution is -0.137. The molecule has 0 saturated carbocycles. The predicted molar refractivity (Wildman–Crippen MR) is 174 cm³/mol. The summed E-state index contributed by atoms with van der Waals surface area (Å²) in [5, 5.41) is 0.818. The third kappa shape index (κ3) is 5.21. The fraction of sp³-hybridized carbons (Fsp3) is 0.361. The Morgan fingerprint density at radius 3 is 2.46 bits per heavy atom. The molecule has 3 aliphatic heterocycles. The average molecular weight is 620 g/mol. The van der Waals surface area contributed by atoms with E-state index in [1.165, 1.54) is 4.90 Å². The highest BCUT2D eigenvalue weighted by atomic mass is 16.5. The molecule has 4 bridgehead atoms. The summed E-state index contributed by atoms with van der Waals surface area (Å²) < 4.78 is 13.1. The van der Waals surface area contributed by atoms with Gasteiger partial charge in [-0.3, -0.25) is 19.3 Å². The first kappa shape index (κ1) is 29.7. The van der Waals surface area contributed by atoms with E-state index in [9.17, 15) is 14.4 Å². The first-order valence-electron chi connectivity index (χ1n) is 16.0. The van der Waals surface area contributed by atoms with Gasteiger partial charge in [0.2, 0.25) is 0 Å².